The Kier molecular flexibility index (Phi) is 5.91. The Hall–Kier alpha value is -2.42. The first kappa shape index (κ1) is 17.9. The van der Waals surface area contributed by atoms with E-state index in [1.807, 2.05) is 57.2 Å². The van der Waals surface area contributed by atoms with Gasteiger partial charge in [-0.25, -0.2) is 0 Å². The number of hydrogen-bond donors (Lipinski definition) is 1. The Bertz CT molecular complexity index is 697. The first-order valence-corrected chi connectivity index (χ1v) is 8.47. The molecule has 0 bridgehead atoms. The van der Waals surface area contributed by atoms with Crippen molar-refractivity contribution >= 4 is 17.4 Å². The Morgan fingerprint density at radius 2 is 1.46 bits per heavy atom. The second-order valence-electron chi connectivity index (χ2n) is 6.08. The highest BCUT2D eigenvalue weighted by atomic mass is 16.2. The minimum Gasteiger partial charge on any atom is -0.319 e. The molecule has 3 nitrogen and oxygen atoms in total. The lowest BCUT2D eigenvalue weighted by atomic mass is 9.95. The van der Waals surface area contributed by atoms with Crippen LogP contribution in [0.5, 0.6) is 0 Å². The van der Waals surface area contributed by atoms with Crippen LogP contribution < -0.4 is 5.32 Å². The highest BCUT2D eigenvalue weighted by Crippen LogP contribution is 2.21. The maximum Gasteiger partial charge on any atom is 0.292 e. The van der Waals surface area contributed by atoms with E-state index in [0.29, 0.717) is 0 Å². The molecule has 2 aromatic carbocycles. The summed E-state index contributed by atoms with van der Waals surface area (Å²) in [6.45, 7) is 8.02. The fourth-order valence-corrected chi connectivity index (χ4v) is 2.97. The number of ketones is 1. The SMILES string of the molecule is CCc1cccc(C)c1CC(=O)C(=O)Nc1c(C)cccc1CC. The van der Waals surface area contributed by atoms with Crippen molar-refractivity contribution in [1.29, 1.82) is 0 Å². The van der Waals surface area contributed by atoms with Gasteiger partial charge < -0.3 is 5.32 Å². The molecule has 0 radical (unpaired) electrons. The van der Waals surface area contributed by atoms with Crippen LogP contribution >= 0.6 is 0 Å². The number of hydrogen-bond acceptors (Lipinski definition) is 2. The van der Waals surface area contributed by atoms with E-state index in [1.165, 1.54) is 0 Å². The monoisotopic (exact) mass is 323 g/mol. The third-order valence-electron chi connectivity index (χ3n) is 4.46. The molecule has 1 N–H and O–H groups in total. The summed E-state index contributed by atoms with van der Waals surface area (Å²) >= 11 is 0. The van der Waals surface area contributed by atoms with E-state index in [2.05, 4.69) is 12.2 Å². The lowest BCUT2D eigenvalue weighted by Gasteiger charge is -2.14. The molecule has 2 rings (SSSR count). The minimum atomic E-state index is -0.538. The van der Waals surface area contributed by atoms with Crippen LogP contribution in [0.15, 0.2) is 36.4 Å². The van der Waals surface area contributed by atoms with Gasteiger partial charge in [-0.15, -0.1) is 0 Å². The zero-order valence-electron chi connectivity index (χ0n) is 14.9. The van der Waals surface area contributed by atoms with E-state index in [0.717, 1.165) is 46.3 Å². The summed E-state index contributed by atoms with van der Waals surface area (Å²) < 4.78 is 0. The van der Waals surface area contributed by atoms with Gasteiger partial charge in [0.25, 0.3) is 5.91 Å². The maximum absolute atomic E-state index is 12.4. The molecule has 0 saturated carbocycles. The van der Waals surface area contributed by atoms with E-state index >= 15 is 0 Å². The third-order valence-corrected chi connectivity index (χ3v) is 4.46. The van der Waals surface area contributed by atoms with Crippen molar-refractivity contribution in [2.45, 2.75) is 47.0 Å². The average Bonchev–Trinajstić information content (AvgIpc) is 2.58. The van der Waals surface area contributed by atoms with Gasteiger partial charge in [-0.3, -0.25) is 9.59 Å². The number of para-hydroxylation sites is 1. The van der Waals surface area contributed by atoms with Gasteiger partial charge in [-0.1, -0.05) is 50.2 Å². The molecular formula is C21H25NO2. The summed E-state index contributed by atoms with van der Waals surface area (Å²) in [5.41, 5.74) is 5.93. The molecule has 1 amide bonds. The molecule has 0 aliphatic heterocycles. The zero-order chi connectivity index (χ0) is 17.7. The third kappa shape index (κ3) is 3.91. The van der Waals surface area contributed by atoms with Gasteiger partial charge in [-0.05, 0) is 54.5 Å². The quantitative estimate of drug-likeness (QED) is 0.811. The van der Waals surface area contributed by atoms with Gasteiger partial charge >= 0.3 is 0 Å². The normalized spacial score (nSPS) is 10.5. The van der Waals surface area contributed by atoms with Gasteiger partial charge in [0, 0.05) is 12.1 Å². The lowest BCUT2D eigenvalue weighted by molar-refractivity contribution is -0.134. The van der Waals surface area contributed by atoms with E-state index < -0.39 is 11.7 Å². The van der Waals surface area contributed by atoms with Crippen molar-refractivity contribution in [2.24, 2.45) is 0 Å². The van der Waals surface area contributed by atoms with Gasteiger partial charge in [0.1, 0.15) is 0 Å². The fraction of sp³-hybridized carbons (Fsp3) is 0.333. The van der Waals surface area contributed by atoms with Crippen LogP contribution in [0.2, 0.25) is 0 Å². The Balaban J connectivity index is 2.19. The number of Topliss-reactive ketones (excluding diaryl/α,β-unsaturated/α-hetero) is 1. The number of amides is 1. The predicted molar refractivity (Wildman–Crippen MR) is 98.5 cm³/mol. The van der Waals surface area contributed by atoms with Crippen molar-refractivity contribution in [3.63, 3.8) is 0 Å². The van der Waals surface area contributed by atoms with Gasteiger partial charge in [-0.2, -0.15) is 0 Å². The standard InChI is InChI=1S/C21H25NO2/c1-5-16-11-7-9-14(3)18(16)13-19(23)21(24)22-20-15(4)10-8-12-17(20)6-2/h7-12H,5-6,13H2,1-4H3,(H,22,24). The fourth-order valence-electron chi connectivity index (χ4n) is 2.97. The van der Waals surface area contributed by atoms with Crippen molar-refractivity contribution in [3.8, 4) is 0 Å². The van der Waals surface area contributed by atoms with Crippen LogP contribution in [0, 0.1) is 13.8 Å². The number of anilines is 1. The first-order valence-electron chi connectivity index (χ1n) is 8.47. The number of aryl methyl sites for hydroxylation is 4. The molecule has 0 aromatic heterocycles. The second kappa shape index (κ2) is 7.91. The van der Waals surface area contributed by atoms with Gasteiger partial charge in [0.15, 0.2) is 0 Å². The van der Waals surface area contributed by atoms with Crippen LogP contribution in [-0.4, -0.2) is 11.7 Å². The average molecular weight is 323 g/mol. The zero-order valence-corrected chi connectivity index (χ0v) is 14.9. The number of rotatable bonds is 6. The van der Waals surface area contributed by atoms with Crippen LogP contribution in [0.4, 0.5) is 5.69 Å². The molecule has 126 valence electrons. The van der Waals surface area contributed by atoms with E-state index in [4.69, 9.17) is 0 Å². The molecule has 0 heterocycles. The summed E-state index contributed by atoms with van der Waals surface area (Å²) in [7, 11) is 0. The van der Waals surface area contributed by atoms with Crippen molar-refractivity contribution in [1.82, 2.24) is 0 Å². The molecule has 0 aliphatic carbocycles. The summed E-state index contributed by atoms with van der Waals surface area (Å²) in [6, 6.07) is 11.9. The number of nitrogens with one attached hydrogen (secondary N) is 1. The Morgan fingerprint density at radius 1 is 0.875 bits per heavy atom. The van der Waals surface area contributed by atoms with E-state index in [1.54, 1.807) is 0 Å². The van der Waals surface area contributed by atoms with Crippen molar-refractivity contribution in [2.75, 3.05) is 5.32 Å². The first-order chi connectivity index (χ1) is 11.5. The number of benzene rings is 2. The molecule has 2 aromatic rings. The van der Waals surface area contributed by atoms with Crippen LogP contribution in [0.3, 0.4) is 0 Å². The Morgan fingerprint density at radius 3 is 2.08 bits per heavy atom. The minimum absolute atomic E-state index is 0.148. The largest absolute Gasteiger partial charge is 0.319 e. The summed E-state index contributed by atoms with van der Waals surface area (Å²) in [5, 5.41) is 2.82. The molecule has 0 spiro atoms. The van der Waals surface area contributed by atoms with E-state index in [9.17, 15) is 9.59 Å². The van der Waals surface area contributed by atoms with E-state index in [-0.39, 0.29) is 6.42 Å². The van der Waals surface area contributed by atoms with Gasteiger partial charge in [0.2, 0.25) is 5.78 Å². The second-order valence-corrected chi connectivity index (χ2v) is 6.08. The van der Waals surface area contributed by atoms with Crippen molar-refractivity contribution < 1.29 is 9.59 Å². The lowest BCUT2D eigenvalue weighted by Crippen LogP contribution is -2.26. The molecule has 3 heteroatoms. The highest BCUT2D eigenvalue weighted by molar-refractivity contribution is 6.41. The van der Waals surface area contributed by atoms with Crippen LogP contribution in [-0.2, 0) is 28.9 Å². The summed E-state index contributed by atoms with van der Waals surface area (Å²) in [5.74, 6) is -0.936. The van der Waals surface area contributed by atoms with Crippen LogP contribution in [0.25, 0.3) is 0 Å². The smallest absolute Gasteiger partial charge is 0.292 e. The highest BCUT2D eigenvalue weighted by Gasteiger charge is 2.19. The maximum atomic E-state index is 12.4. The van der Waals surface area contributed by atoms with Crippen LogP contribution in [0.1, 0.15) is 41.7 Å². The molecule has 0 aliphatic rings. The van der Waals surface area contributed by atoms with Crippen molar-refractivity contribution in [3.05, 3.63) is 64.2 Å². The number of carbonyl (C=O) groups is 2. The number of carbonyl (C=O) groups excluding carboxylic acids is 2. The molecule has 0 atom stereocenters. The molecule has 0 fully saturated rings. The molecule has 0 saturated heterocycles. The topological polar surface area (TPSA) is 46.2 Å². The molecular weight excluding hydrogens is 298 g/mol. The predicted octanol–water partition coefficient (Wildman–Crippen LogP) is 4.18. The molecule has 0 unspecified atom stereocenters. The summed E-state index contributed by atoms with van der Waals surface area (Å²) in [4.78, 5) is 24.8. The molecule has 24 heavy (non-hydrogen) atoms. The summed E-state index contributed by atoms with van der Waals surface area (Å²) in [6.07, 6.45) is 1.81. The van der Waals surface area contributed by atoms with Gasteiger partial charge in [0.05, 0.1) is 0 Å². The Labute approximate surface area is 144 Å².